The van der Waals surface area contributed by atoms with Gasteiger partial charge in [0.25, 0.3) is 17.7 Å². The Morgan fingerprint density at radius 1 is 0.463 bits per heavy atom. The van der Waals surface area contributed by atoms with E-state index in [4.69, 9.17) is 27.7 Å². The lowest BCUT2D eigenvalue weighted by molar-refractivity contribution is 0.0582. The molecule has 6 atom stereocenters. The Hall–Kier alpha value is -9.50. The molecular weight excluding hydrogens is 1280 g/mol. The Morgan fingerprint density at radius 3 is 1.15 bits per heavy atom. The second-order valence-electron chi connectivity index (χ2n) is 25.0. The number of hydrogen-bond acceptors (Lipinski definition) is 20. The average Bonchev–Trinajstić information content (AvgIpc) is 1.70. The number of amides is 3. The van der Waals surface area contributed by atoms with Crippen molar-refractivity contribution in [2.24, 2.45) is 0 Å². The first-order chi connectivity index (χ1) is 45.4. The van der Waals surface area contributed by atoms with Gasteiger partial charge in [-0.1, -0.05) is 43.8 Å². The number of hydrogen-bond donors (Lipinski definition) is 1. The molecule has 2 saturated carbocycles. The van der Waals surface area contributed by atoms with Gasteiger partial charge in [-0.2, -0.15) is 45.0 Å². The zero-order valence-electron chi connectivity index (χ0n) is 53.3. The van der Waals surface area contributed by atoms with E-state index >= 15 is 0 Å². The van der Waals surface area contributed by atoms with E-state index < -0.39 is 17.5 Å². The Bertz CT molecular complexity index is 4150. The lowest BCUT2D eigenvalue weighted by Gasteiger charge is -2.37. The van der Waals surface area contributed by atoms with Gasteiger partial charge in [0.1, 0.15) is 22.8 Å². The van der Waals surface area contributed by atoms with Crippen molar-refractivity contribution < 1.29 is 51.8 Å². The Morgan fingerprint density at radius 2 is 0.779 bits per heavy atom. The lowest BCUT2D eigenvalue weighted by atomic mass is 9.92. The molecule has 0 unspecified atom stereocenters. The first-order valence-electron chi connectivity index (χ1n) is 31.8. The molecule has 2 aliphatic carbocycles. The van der Waals surface area contributed by atoms with Crippen molar-refractivity contribution in [2.45, 2.75) is 160 Å². The van der Waals surface area contributed by atoms with Gasteiger partial charge in [0, 0.05) is 49.6 Å². The van der Waals surface area contributed by atoms with Gasteiger partial charge in [-0.3, -0.25) is 14.4 Å². The van der Waals surface area contributed by atoms with Gasteiger partial charge in [-0.05, 0) is 151 Å². The number of likely N-dealkylation sites (tertiary alicyclic amines) is 3. The van der Waals surface area contributed by atoms with Crippen LogP contribution in [0.5, 0.6) is 0 Å². The number of oxazole rings is 3. The van der Waals surface area contributed by atoms with Crippen LogP contribution in [0.15, 0.2) is 128 Å². The third kappa shape index (κ3) is 14.5. The Labute approximate surface area is 557 Å². The molecule has 1 N–H and O–H groups in total. The number of para-hydroxylation sites is 3. The lowest BCUT2D eigenvalue weighted by Crippen LogP contribution is -2.45. The molecule has 0 spiro atoms. The summed E-state index contributed by atoms with van der Waals surface area (Å²) in [5.41, 5.74) is 3.51. The van der Waals surface area contributed by atoms with Crippen molar-refractivity contribution in [2.75, 3.05) is 33.9 Å². The minimum absolute atomic E-state index is 0. The molecule has 3 aliphatic heterocycles. The molecule has 498 valence electrons. The predicted octanol–water partition coefficient (Wildman–Crippen LogP) is 10.9. The van der Waals surface area contributed by atoms with Crippen LogP contribution >= 0.6 is 15.9 Å². The topological polar surface area (TPSA) is 304 Å². The highest BCUT2D eigenvalue weighted by atomic mass is 79.9. The summed E-state index contributed by atoms with van der Waals surface area (Å²) < 4.78 is 27.8. The standard InChI is InChI=1S/C24H29N5O3.C23H25N5O4.C20H20BrN5O4.CH4/c1-15-8-9-17(22-27-21(24(2,3)31)20(32-22)16-10-11-16)14-28(15)23(30)18-6-4-5-7-19(18)29-25-12-13-26-29;1-14-7-8-16(21-26-19(23(30)31-2)20(32-21)15-9-10-15)13-27(14)22(29)17-5-3-4-6-18(17)28-24-11-12-25-28;1-12-7-8-13(18-24-16(17(21)30-18)20(28)29-2)11-25(12)19(27)14-5-3-4-6-15(14)26-22-9-10-23-26;/h4-7,12-13,15-17,31H,8-11,14H2,1-3H3;3-6,11-12,14-16H,7-10,13H2,1-2H3;3-6,9-10,12-13H,7-8,11H2,1-2H3;1H4/t15-,17-;14-,16-;12-,13-;/m111./s1. The van der Waals surface area contributed by atoms with E-state index in [1.54, 1.807) is 63.2 Å². The van der Waals surface area contributed by atoms with E-state index in [9.17, 15) is 29.1 Å². The second-order valence-corrected chi connectivity index (χ2v) is 25.8. The SMILES string of the molecule is C.COC(=O)c1nc([C@@H]2CC[C@@H](C)N(C(=O)c3ccccc3-n3nccn3)C2)oc1Br.COC(=O)c1nc([C@@H]2CC[C@@H](C)N(C(=O)c3ccccc3-n3nccn3)C2)oc1C1CC1.C[C@@H]1CC[C@@H](c2nc(C(C)(C)O)c(C3CC3)o2)CN1C(=O)c1ccccc1-n1nccn1. The van der Waals surface area contributed by atoms with Crippen molar-refractivity contribution in [1.82, 2.24) is 74.6 Å². The summed E-state index contributed by atoms with van der Waals surface area (Å²) in [5.74, 6) is 2.08. The van der Waals surface area contributed by atoms with Gasteiger partial charge < -0.3 is 42.5 Å². The number of piperidine rings is 3. The van der Waals surface area contributed by atoms with Crippen LogP contribution in [-0.4, -0.2) is 161 Å². The molecular formula is C68H78BrN15O11. The van der Waals surface area contributed by atoms with Gasteiger partial charge in [0.15, 0.2) is 17.5 Å². The number of carbonyl (C=O) groups excluding carboxylic acids is 5. The van der Waals surface area contributed by atoms with E-state index in [0.717, 1.165) is 70.0 Å². The Kier molecular flexibility index (Phi) is 20.2. The van der Waals surface area contributed by atoms with Crippen LogP contribution in [0.3, 0.4) is 0 Å². The van der Waals surface area contributed by atoms with Crippen molar-refractivity contribution >= 4 is 45.6 Å². The molecule has 14 rings (SSSR count). The highest BCUT2D eigenvalue weighted by Gasteiger charge is 2.42. The van der Waals surface area contributed by atoms with Crippen molar-refractivity contribution in [3.63, 3.8) is 0 Å². The van der Waals surface area contributed by atoms with E-state index in [-0.39, 0.29) is 83.0 Å². The largest absolute Gasteiger partial charge is 0.464 e. The number of methoxy groups -OCH3 is 2. The third-order valence-electron chi connectivity index (χ3n) is 18.0. The van der Waals surface area contributed by atoms with Crippen LogP contribution in [0.4, 0.5) is 0 Å². The monoisotopic (exact) mass is 1360 g/mol. The average molecular weight is 1360 g/mol. The summed E-state index contributed by atoms with van der Waals surface area (Å²) >= 11 is 3.22. The van der Waals surface area contributed by atoms with Crippen LogP contribution in [0.2, 0.25) is 0 Å². The predicted molar refractivity (Wildman–Crippen MR) is 347 cm³/mol. The first-order valence-corrected chi connectivity index (χ1v) is 32.5. The molecule has 9 heterocycles. The molecule has 3 saturated heterocycles. The number of halogens is 1. The molecule has 3 aromatic carbocycles. The van der Waals surface area contributed by atoms with Gasteiger partial charge in [0.2, 0.25) is 16.3 Å². The summed E-state index contributed by atoms with van der Waals surface area (Å²) in [6.45, 7) is 11.1. The van der Waals surface area contributed by atoms with Crippen LogP contribution < -0.4 is 0 Å². The maximum absolute atomic E-state index is 13.6. The molecule has 27 heteroatoms. The molecule has 3 amide bonds. The Balaban J connectivity index is 0.000000144. The minimum Gasteiger partial charge on any atom is -0.464 e. The smallest absolute Gasteiger partial charge is 0.361 e. The number of esters is 2. The third-order valence-corrected chi connectivity index (χ3v) is 18.5. The first kappa shape index (κ1) is 66.9. The number of carbonyl (C=O) groups is 5. The minimum atomic E-state index is -1.05. The van der Waals surface area contributed by atoms with Gasteiger partial charge in [-0.25, -0.2) is 24.5 Å². The van der Waals surface area contributed by atoms with Crippen molar-refractivity contribution in [1.29, 1.82) is 0 Å². The number of rotatable bonds is 14. The molecule has 6 aromatic heterocycles. The summed E-state index contributed by atoms with van der Waals surface area (Å²) in [4.78, 5) is 88.2. The fourth-order valence-electron chi connectivity index (χ4n) is 12.4. The van der Waals surface area contributed by atoms with E-state index in [1.807, 2.05) is 89.2 Å². The zero-order chi connectivity index (χ0) is 65.9. The molecule has 0 radical (unpaired) electrons. The number of nitrogens with zero attached hydrogens (tertiary/aromatic N) is 15. The van der Waals surface area contributed by atoms with E-state index in [0.29, 0.717) is 88.4 Å². The quantitative estimate of drug-likeness (QED) is 0.0989. The number of aromatic nitrogens is 12. The molecule has 9 aromatic rings. The number of ether oxygens (including phenoxy) is 2. The fourth-order valence-corrected chi connectivity index (χ4v) is 12.8. The zero-order valence-corrected chi connectivity index (χ0v) is 54.9. The second kappa shape index (κ2) is 28.6. The highest BCUT2D eigenvalue weighted by molar-refractivity contribution is 9.10. The van der Waals surface area contributed by atoms with Crippen LogP contribution in [-0.2, 0) is 15.1 Å². The summed E-state index contributed by atoms with van der Waals surface area (Å²) in [6.07, 6.45) is 18.6. The van der Waals surface area contributed by atoms with Crippen LogP contribution in [0.25, 0.3) is 17.1 Å². The van der Waals surface area contributed by atoms with Crippen LogP contribution in [0, 0.1) is 0 Å². The normalized spacial score (nSPS) is 20.3. The highest BCUT2D eigenvalue weighted by Crippen LogP contribution is 2.47. The van der Waals surface area contributed by atoms with Crippen LogP contribution in [0.1, 0.15) is 223 Å². The summed E-state index contributed by atoms with van der Waals surface area (Å²) in [5, 5.41) is 35.7. The maximum Gasteiger partial charge on any atom is 0.361 e. The fraction of sp³-hybridized carbons (Fsp3) is 0.441. The molecule has 5 aliphatic rings. The molecule has 5 fully saturated rings. The molecule has 95 heavy (non-hydrogen) atoms. The number of benzene rings is 3. The van der Waals surface area contributed by atoms with Gasteiger partial charge >= 0.3 is 11.9 Å². The van der Waals surface area contributed by atoms with Crippen molar-refractivity contribution in [3.8, 4) is 17.1 Å². The van der Waals surface area contributed by atoms with E-state index in [1.165, 1.54) is 28.6 Å². The molecule has 0 bridgehead atoms. The number of aliphatic hydroxyl groups is 1. The van der Waals surface area contributed by atoms with E-state index in [2.05, 4.69) is 63.4 Å². The summed E-state index contributed by atoms with van der Waals surface area (Å²) in [6, 6.07) is 22.2. The van der Waals surface area contributed by atoms with Gasteiger partial charge in [0.05, 0.1) is 103 Å². The van der Waals surface area contributed by atoms with Crippen molar-refractivity contribution in [3.05, 3.63) is 178 Å². The molecule has 26 nitrogen and oxygen atoms in total. The maximum atomic E-state index is 13.6. The summed E-state index contributed by atoms with van der Waals surface area (Å²) in [7, 11) is 2.64. The van der Waals surface area contributed by atoms with Gasteiger partial charge in [-0.15, -0.1) is 0 Å².